The Bertz CT molecular complexity index is 346. The molecule has 1 aromatic rings. The van der Waals surface area contributed by atoms with Gasteiger partial charge in [0, 0.05) is 5.56 Å². The van der Waals surface area contributed by atoms with Crippen molar-refractivity contribution in [2.45, 2.75) is 12.8 Å². The smallest absolute Gasteiger partial charge is 0.219 e. The first kappa shape index (κ1) is 9.82. The molecule has 1 heterocycles. The molecule has 0 aromatic carbocycles. The van der Waals surface area contributed by atoms with Crippen molar-refractivity contribution >= 4 is 11.6 Å². The number of hydrogen-bond donors (Lipinski definition) is 0. The Kier molecular flexibility index (Phi) is 3.10. The highest BCUT2D eigenvalue weighted by Crippen LogP contribution is 2.25. The molecule has 0 aliphatic heterocycles. The second-order valence-electron chi connectivity index (χ2n) is 2.58. The van der Waals surface area contributed by atoms with Crippen molar-refractivity contribution in [1.82, 2.24) is 4.98 Å². The van der Waals surface area contributed by atoms with E-state index in [0.717, 1.165) is 5.56 Å². The van der Waals surface area contributed by atoms with E-state index in [2.05, 4.69) is 11.1 Å². The fourth-order valence-electron chi connectivity index (χ4n) is 0.991. The third kappa shape index (κ3) is 2.10. The van der Waals surface area contributed by atoms with Gasteiger partial charge in [-0.15, -0.1) is 0 Å². The summed E-state index contributed by atoms with van der Waals surface area (Å²) >= 11 is 5.67. The lowest BCUT2D eigenvalue weighted by Gasteiger charge is -2.08. The van der Waals surface area contributed by atoms with E-state index >= 15 is 0 Å². The fourth-order valence-corrected chi connectivity index (χ4v) is 1.13. The summed E-state index contributed by atoms with van der Waals surface area (Å²) in [7, 11) is 1.51. The summed E-state index contributed by atoms with van der Waals surface area (Å²) in [6, 6.07) is 5.51. The van der Waals surface area contributed by atoms with Crippen molar-refractivity contribution in [3.63, 3.8) is 0 Å². The number of nitrogens with zero attached hydrogens (tertiary/aromatic N) is 2. The van der Waals surface area contributed by atoms with Crippen LogP contribution in [0.25, 0.3) is 0 Å². The van der Waals surface area contributed by atoms with Gasteiger partial charge in [0.2, 0.25) is 5.88 Å². The minimum absolute atomic E-state index is 0.236. The number of pyridine rings is 1. The number of aromatic nitrogens is 1. The maximum atomic E-state index is 8.71. The van der Waals surface area contributed by atoms with Gasteiger partial charge in [0.1, 0.15) is 5.15 Å². The van der Waals surface area contributed by atoms with E-state index in [4.69, 9.17) is 21.6 Å². The van der Waals surface area contributed by atoms with Crippen LogP contribution in [0.1, 0.15) is 18.4 Å². The van der Waals surface area contributed by atoms with Gasteiger partial charge in [-0.1, -0.05) is 11.6 Å². The molecule has 13 heavy (non-hydrogen) atoms. The van der Waals surface area contributed by atoms with E-state index in [-0.39, 0.29) is 5.92 Å². The quantitative estimate of drug-likeness (QED) is 0.683. The standard InChI is InChI=1S/C9H9ClN2O/c1-6(5-11)7-3-4-8(10)12-9(7)13-2/h3-4,6H,1-2H3. The molecule has 1 atom stereocenters. The second kappa shape index (κ2) is 4.11. The average Bonchev–Trinajstić information content (AvgIpc) is 2.16. The highest BCUT2D eigenvalue weighted by Gasteiger charge is 2.11. The van der Waals surface area contributed by atoms with Crippen LogP contribution in [-0.2, 0) is 0 Å². The predicted octanol–water partition coefficient (Wildman–Crippen LogP) is 2.37. The zero-order valence-corrected chi connectivity index (χ0v) is 8.17. The van der Waals surface area contributed by atoms with Crippen LogP contribution in [0.5, 0.6) is 5.88 Å². The topological polar surface area (TPSA) is 45.9 Å². The summed E-state index contributed by atoms with van der Waals surface area (Å²) < 4.78 is 5.00. The molecule has 4 heteroatoms. The average molecular weight is 197 g/mol. The molecule has 1 rings (SSSR count). The van der Waals surface area contributed by atoms with E-state index in [9.17, 15) is 0 Å². The van der Waals surface area contributed by atoms with Gasteiger partial charge in [-0.3, -0.25) is 0 Å². The summed E-state index contributed by atoms with van der Waals surface area (Å²) in [6.45, 7) is 1.79. The molecule has 0 fully saturated rings. The van der Waals surface area contributed by atoms with Crippen LogP contribution >= 0.6 is 11.6 Å². The third-order valence-corrected chi connectivity index (χ3v) is 1.92. The van der Waals surface area contributed by atoms with Crippen LogP contribution in [0.3, 0.4) is 0 Å². The van der Waals surface area contributed by atoms with Crippen molar-refractivity contribution in [2.24, 2.45) is 0 Å². The summed E-state index contributed by atoms with van der Waals surface area (Å²) in [4.78, 5) is 3.95. The number of rotatable bonds is 2. The van der Waals surface area contributed by atoms with Gasteiger partial charge >= 0.3 is 0 Å². The number of hydrogen-bond acceptors (Lipinski definition) is 3. The molecule has 3 nitrogen and oxygen atoms in total. The Balaban J connectivity index is 3.15. The molecule has 68 valence electrons. The highest BCUT2D eigenvalue weighted by molar-refractivity contribution is 6.29. The number of ether oxygens (including phenoxy) is 1. The van der Waals surface area contributed by atoms with E-state index in [1.807, 2.05) is 0 Å². The van der Waals surface area contributed by atoms with Crippen molar-refractivity contribution in [1.29, 1.82) is 5.26 Å². The first-order valence-corrected chi connectivity index (χ1v) is 4.17. The maximum absolute atomic E-state index is 8.71. The molecule has 0 saturated carbocycles. The molecular weight excluding hydrogens is 188 g/mol. The zero-order valence-electron chi connectivity index (χ0n) is 7.41. The summed E-state index contributed by atoms with van der Waals surface area (Å²) in [5.74, 6) is 0.182. The van der Waals surface area contributed by atoms with Crippen molar-refractivity contribution in [3.05, 3.63) is 22.8 Å². The molecule has 0 aliphatic rings. The predicted molar refractivity (Wildman–Crippen MR) is 49.8 cm³/mol. The molecule has 0 spiro atoms. The van der Waals surface area contributed by atoms with Gasteiger partial charge in [0.25, 0.3) is 0 Å². The second-order valence-corrected chi connectivity index (χ2v) is 2.97. The molecule has 0 N–H and O–H groups in total. The van der Waals surface area contributed by atoms with Gasteiger partial charge in [0.15, 0.2) is 0 Å². The lowest BCUT2D eigenvalue weighted by atomic mass is 10.1. The van der Waals surface area contributed by atoms with Crippen LogP contribution in [0, 0.1) is 11.3 Å². The first-order valence-electron chi connectivity index (χ1n) is 3.79. The Morgan fingerprint density at radius 1 is 1.62 bits per heavy atom. The molecule has 1 aromatic heterocycles. The van der Waals surface area contributed by atoms with Gasteiger partial charge in [-0.05, 0) is 19.1 Å². The first-order chi connectivity index (χ1) is 6.19. The van der Waals surface area contributed by atoms with Crippen LogP contribution < -0.4 is 4.74 Å². The van der Waals surface area contributed by atoms with E-state index in [1.165, 1.54) is 7.11 Å². The van der Waals surface area contributed by atoms with Crippen molar-refractivity contribution < 1.29 is 4.74 Å². The minimum atomic E-state index is -0.236. The third-order valence-electron chi connectivity index (χ3n) is 1.71. The van der Waals surface area contributed by atoms with Crippen LogP contribution in [0.2, 0.25) is 5.15 Å². The van der Waals surface area contributed by atoms with Crippen LogP contribution in [0.4, 0.5) is 0 Å². The lowest BCUT2D eigenvalue weighted by Crippen LogP contribution is -1.97. The Labute approximate surface area is 81.9 Å². The summed E-state index contributed by atoms with van der Waals surface area (Å²) in [6.07, 6.45) is 0. The maximum Gasteiger partial charge on any atom is 0.219 e. The molecule has 0 bridgehead atoms. The number of halogens is 1. The van der Waals surface area contributed by atoms with Gasteiger partial charge in [-0.2, -0.15) is 5.26 Å². The largest absolute Gasteiger partial charge is 0.481 e. The lowest BCUT2D eigenvalue weighted by molar-refractivity contribution is 0.392. The van der Waals surface area contributed by atoms with E-state index in [1.54, 1.807) is 19.1 Å². The molecular formula is C9H9ClN2O. The molecule has 0 radical (unpaired) electrons. The van der Waals surface area contributed by atoms with Crippen LogP contribution in [0.15, 0.2) is 12.1 Å². The normalized spacial score (nSPS) is 11.8. The highest BCUT2D eigenvalue weighted by atomic mass is 35.5. The summed E-state index contributed by atoms with van der Waals surface area (Å²) in [5, 5.41) is 9.08. The Morgan fingerprint density at radius 2 is 2.31 bits per heavy atom. The summed E-state index contributed by atoms with van der Waals surface area (Å²) in [5.41, 5.74) is 0.759. The van der Waals surface area contributed by atoms with Gasteiger partial charge in [-0.25, -0.2) is 4.98 Å². The van der Waals surface area contributed by atoms with E-state index < -0.39 is 0 Å². The van der Waals surface area contributed by atoms with Crippen molar-refractivity contribution in [3.8, 4) is 11.9 Å². The Hall–Kier alpha value is -1.27. The monoisotopic (exact) mass is 196 g/mol. The number of nitriles is 1. The Morgan fingerprint density at radius 3 is 2.85 bits per heavy atom. The van der Waals surface area contributed by atoms with E-state index in [0.29, 0.717) is 11.0 Å². The van der Waals surface area contributed by atoms with Gasteiger partial charge < -0.3 is 4.74 Å². The van der Waals surface area contributed by atoms with Crippen LogP contribution in [-0.4, -0.2) is 12.1 Å². The zero-order chi connectivity index (χ0) is 9.84. The minimum Gasteiger partial charge on any atom is -0.481 e. The molecule has 0 aliphatic carbocycles. The van der Waals surface area contributed by atoms with Crippen molar-refractivity contribution in [2.75, 3.05) is 7.11 Å². The SMILES string of the molecule is COc1nc(Cl)ccc1C(C)C#N. The van der Waals surface area contributed by atoms with Gasteiger partial charge in [0.05, 0.1) is 19.1 Å². The molecule has 0 saturated heterocycles. The molecule has 1 unspecified atom stereocenters. The number of methoxy groups -OCH3 is 1. The fraction of sp³-hybridized carbons (Fsp3) is 0.333. The molecule has 0 amide bonds.